The first-order chi connectivity index (χ1) is 11.5. The molecule has 0 saturated carbocycles. The molecule has 138 valence electrons. The van der Waals surface area contributed by atoms with E-state index in [9.17, 15) is 14.9 Å². The van der Waals surface area contributed by atoms with Gasteiger partial charge in [-0.25, -0.2) is 4.79 Å². The predicted molar refractivity (Wildman–Crippen MR) is 91.4 cm³/mol. The summed E-state index contributed by atoms with van der Waals surface area (Å²) >= 11 is 0. The highest BCUT2D eigenvalue weighted by Gasteiger charge is 2.39. The average molecular weight is 351 g/mol. The standard InChI is InChI=1S/C18H25NO6/c1-12-6-13(8-14(7-12)19(21)22)15(20)23-11-18(4,5)16-24-9-17(2,3)10-25-16/h6-8,16H,9-11H2,1-5H3. The van der Waals surface area contributed by atoms with E-state index in [4.69, 9.17) is 14.2 Å². The average Bonchev–Trinajstić information content (AvgIpc) is 2.51. The number of rotatable bonds is 5. The SMILES string of the molecule is Cc1cc(C(=O)OCC(C)(C)C2OCC(C)(C)CO2)cc([N+](=O)[O-])c1. The summed E-state index contributed by atoms with van der Waals surface area (Å²) in [5.74, 6) is -0.601. The van der Waals surface area contributed by atoms with E-state index in [0.29, 0.717) is 18.8 Å². The van der Waals surface area contributed by atoms with Crippen molar-refractivity contribution in [1.82, 2.24) is 0 Å². The summed E-state index contributed by atoms with van der Waals surface area (Å²) in [5, 5.41) is 10.9. The van der Waals surface area contributed by atoms with Gasteiger partial charge in [0.25, 0.3) is 5.69 Å². The highest BCUT2D eigenvalue weighted by molar-refractivity contribution is 5.90. The Bertz CT molecular complexity index is 658. The van der Waals surface area contributed by atoms with Crippen molar-refractivity contribution in [3.8, 4) is 0 Å². The quantitative estimate of drug-likeness (QED) is 0.458. The van der Waals surface area contributed by atoms with Gasteiger partial charge in [0.15, 0.2) is 6.29 Å². The number of carbonyl (C=O) groups excluding carboxylic acids is 1. The highest BCUT2D eigenvalue weighted by Crippen LogP contribution is 2.32. The van der Waals surface area contributed by atoms with E-state index in [1.165, 1.54) is 12.1 Å². The van der Waals surface area contributed by atoms with Crippen LogP contribution >= 0.6 is 0 Å². The van der Waals surface area contributed by atoms with Gasteiger partial charge in [0.05, 0.1) is 23.7 Å². The smallest absolute Gasteiger partial charge is 0.338 e. The Morgan fingerprint density at radius 3 is 2.48 bits per heavy atom. The summed E-state index contributed by atoms with van der Waals surface area (Å²) in [6.07, 6.45) is -0.472. The number of aryl methyl sites for hydroxylation is 1. The van der Waals surface area contributed by atoms with Crippen LogP contribution < -0.4 is 0 Å². The van der Waals surface area contributed by atoms with Crippen molar-refractivity contribution in [2.45, 2.75) is 40.9 Å². The third-order valence-corrected chi connectivity index (χ3v) is 3.97. The molecule has 25 heavy (non-hydrogen) atoms. The zero-order valence-electron chi connectivity index (χ0n) is 15.3. The Kier molecular flexibility index (Phi) is 5.49. The molecule has 0 radical (unpaired) electrons. The van der Waals surface area contributed by atoms with Gasteiger partial charge in [0.1, 0.15) is 6.61 Å². The third kappa shape index (κ3) is 4.99. The van der Waals surface area contributed by atoms with Gasteiger partial charge in [-0.3, -0.25) is 10.1 Å². The molecule has 0 spiro atoms. The lowest BCUT2D eigenvalue weighted by Gasteiger charge is -2.41. The lowest BCUT2D eigenvalue weighted by molar-refractivity contribution is -0.384. The van der Waals surface area contributed by atoms with Crippen molar-refractivity contribution in [2.75, 3.05) is 19.8 Å². The number of esters is 1. The molecule has 0 bridgehead atoms. The van der Waals surface area contributed by atoms with Gasteiger partial charge in [-0.2, -0.15) is 0 Å². The minimum Gasteiger partial charge on any atom is -0.461 e. The van der Waals surface area contributed by atoms with Crippen molar-refractivity contribution in [1.29, 1.82) is 0 Å². The summed E-state index contributed by atoms with van der Waals surface area (Å²) in [7, 11) is 0. The van der Waals surface area contributed by atoms with Crippen LogP contribution in [-0.4, -0.2) is 37.0 Å². The third-order valence-electron chi connectivity index (χ3n) is 3.97. The molecule has 0 amide bonds. The first kappa shape index (κ1) is 19.3. The summed E-state index contributed by atoms with van der Waals surface area (Å²) in [5.41, 5.74) is 0.0779. The molecule has 7 heteroatoms. The molecule has 1 aliphatic heterocycles. The van der Waals surface area contributed by atoms with Gasteiger partial charge in [0, 0.05) is 23.0 Å². The van der Waals surface area contributed by atoms with Gasteiger partial charge >= 0.3 is 5.97 Å². The molecule has 7 nitrogen and oxygen atoms in total. The van der Waals surface area contributed by atoms with E-state index in [1.54, 1.807) is 13.0 Å². The fourth-order valence-electron chi connectivity index (χ4n) is 2.53. The second-order valence-electron chi connectivity index (χ2n) is 8.00. The predicted octanol–water partition coefficient (Wildman–Crippen LogP) is 3.49. The minimum absolute atomic E-state index is 0.0379. The number of ether oxygens (including phenoxy) is 3. The van der Waals surface area contributed by atoms with Crippen LogP contribution in [0.4, 0.5) is 5.69 Å². The Hall–Kier alpha value is -1.99. The lowest BCUT2D eigenvalue weighted by Crippen LogP contribution is -2.46. The summed E-state index contributed by atoms with van der Waals surface area (Å²) in [6.45, 7) is 10.8. The van der Waals surface area contributed by atoms with E-state index in [1.807, 2.05) is 13.8 Å². The fraction of sp³-hybridized carbons (Fsp3) is 0.611. The number of carbonyl (C=O) groups is 1. The molecule has 1 saturated heterocycles. The number of hydrogen-bond donors (Lipinski definition) is 0. The molecule has 0 atom stereocenters. The van der Waals surface area contributed by atoms with E-state index in [0.717, 1.165) is 0 Å². The van der Waals surface area contributed by atoms with Crippen LogP contribution in [0.3, 0.4) is 0 Å². The van der Waals surface area contributed by atoms with E-state index in [-0.39, 0.29) is 23.3 Å². The zero-order chi connectivity index (χ0) is 18.8. The molecular weight excluding hydrogens is 326 g/mol. The minimum atomic E-state index is -0.601. The molecule has 1 aliphatic rings. The monoisotopic (exact) mass is 351 g/mol. The van der Waals surface area contributed by atoms with Gasteiger partial charge in [-0.15, -0.1) is 0 Å². The number of nitrogens with zero attached hydrogens (tertiary/aromatic N) is 1. The maximum Gasteiger partial charge on any atom is 0.338 e. The molecule has 0 N–H and O–H groups in total. The fourth-order valence-corrected chi connectivity index (χ4v) is 2.53. The normalized spacial score (nSPS) is 18.0. The number of nitro groups is 1. The largest absolute Gasteiger partial charge is 0.461 e. The van der Waals surface area contributed by atoms with E-state index >= 15 is 0 Å². The summed E-state index contributed by atoms with van der Waals surface area (Å²) in [4.78, 5) is 22.7. The van der Waals surface area contributed by atoms with Crippen LogP contribution in [0.15, 0.2) is 18.2 Å². The molecule has 1 heterocycles. The maximum absolute atomic E-state index is 12.3. The highest BCUT2D eigenvalue weighted by atomic mass is 16.7. The van der Waals surface area contributed by atoms with Crippen molar-refractivity contribution >= 4 is 11.7 Å². The van der Waals surface area contributed by atoms with Crippen LogP contribution in [0.1, 0.15) is 43.6 Å². The number of non-ortho nitro benzene ring substituents is 1. The Morgan fingerprint density at radius 1 is 1.32 bits per heavy atom. The molecule has 0 aromatic heterocycles. The summed E-state index contributed by atoms with van der Waals surface area (Å²) in [6, 6.07) is 4.20. The number of hydrogen-bond acceptors (Lipinski definition) is 6. The van der Waals surface area contributed by atoms with Crippen molar-refractivity contribution in [3.63, 3.8) is 0 Å². The first-order valence-corrected chi connectivity index (χ1v) is 8.17. The van der Waals surface area contributed by atoms with Crippen LogP contribution in [0.25, 0.3) is 0 Å². The Labute approximate surface area is 147 Å². The van der Waals surface area contributed by atoms with Crippen molar-refractivity contribution in [2.24, 2.45) is 10.8 Å². The lowest BCUT2D eigenvalue weighted by atomic mass is 9.90. The van der Waals surface area contributed by atoms with Crippen LogP contribution in [-0.2, 0) is 14.2 Å². The molecule has 2 rings (SSSR count). The molecule has 1 aromatic carbocycles. The molecule has 1 aromatic rings. The van der Waals surface area contributed by atoms with Gasteiger partial charge in [-0.1, -0.05) is 27.7 Å². The van der Waals surface area contributed by atoms with Crippen LogP contribution in [0, 0.1) is 27.9 Å². The number of benzene rings is 1. The summed E-state index contributed by atoms with van der Waals surface area (Å²) < 4.78 is 16.9. The van der Waals surface area contributed by atoms with Gasteiger partial charge in [0.2, 0.25) is 0 Å². The van der Waals surface area contributed by atoms with Crippen LogP contribution in [0.5, 0.6) is 0 Å². The second kappa shape index (κ2) is 7.09. The van der Waals surface area contributed by atoms with Crippen molar-refractivity contribution < 1.29 is 23.9 Å². The molecular formula is C18H25NO6. The van der Waals surface area contributed by atoms with Gasteiger partial charge < -0.3 is 14.2 Å². The Morgan fingerprint density at radius 2 is 1.92 bits per heavy atom. The first-order valence-electron chi connectivity index (χ1n) is 8.17. The number of nitro benzene ring substituents is 1. The van der Waals surface area contributed by atoms with E-state index in [2.05, 4.69) is 13.8 Å². The van der Waals surface area contributed by atoms with Gasteiger partial charge in [-0.05, 0) is 18.6 Å². The molecule has 0 aliphatic carbocycles. The maximum atomic E-state index is 12.3. The topological polar surface area (TPSA) is 87.9 Å². The van der Waals surface area contributed by atoms with Crippen molar-refractivity contribution in [3.05, 3.63) is 39.4 Å². The van der Waals surface area contributed by atoms with E-state index < -0.39 is 22.6 Å². The van der Waals surface area contributed by atoms with Crippen LogP contribution in [0.2, 0.25) is 0 Å². The zero-order valence-corrected chi connectivity index (χ0v) is 15.3. The molecule has 0 unspecified atom stereocenters. The molecule has 1 fully saturated rings. The second-order valence-corrected chi connectivity index (χ2v) is 8.00. The Balaban J connectivity index is 2.00.